The molecule has 2 aromatic heterocycles. The fourth-order valence-corrected chi connectivity index (χ4v) is 3.84. The van der Waals surface area contributed by atoms with Crippen LogP contribution in [0.2, 0.25) is 0 Å². The molecule has 0 bridgehead atoms. The fourth-order valence-electron chi connectivity index (χ4n) is 3.84. The van der Waals surface area contributed by atoms with Crippen molar-refractivity contribution >= 4 is 28.6 Å². The number of furan rings is 1. The van der Waals surface area contributed by atoms with Gasteiger partial charge in [0.15, 0.2) is 11.5 Å². The van der Waals surface area contributed by atoms with E-state index in [0.29, 0.717) is 67.9 Å². The van der Waals surface area contributed by atoms with E-state index in [0.717, 1.165) is 5.56 Å². The summed E-state index contributed by atoms with van der Waals surface area (Å²) in [7, 11) is 0. The molecule has 0 unspecified atom stereocenters. The summed E-state index contributed by atoms with van der Waals surface area (Å²) >= 11 is 0. The number of anilines is 2. The van der Waals surface area contributed by atoms with Gasteiger partial charge in [-0.1, -0.05) is 12.0 Å². The molecule has 0 aliphatic carbocycles. The molecule has 5 rings (SSSR count). The van der Waals surface area contributed by atoms with Crippen LogP contribution in [0.3, 0.4) is 0 Å². The van der Waals surface area contributed by atoms with E-state index < -0.39 is 0 Å². The predicted octanol–water partition coefficient (Wildman–Crippen LogP) is 2.64. The Hall–Kier alpha value is -3.70. The molecule has 0 saturated carbocycles. The van der Waals surface area contributed by atoms with Gasteiger partial charge in [0, 0.05) is 13.1 Å². The van der Waals surface area contributed by atoms with Gasteiger partial charge in [-0.25, -0.2) is 0 Å². The zero-order valence-electron chi connectivity index (χ0n) is 17.0. The third-order valence-electron chi connectivity index (χ3n) is 5.36. The molecule has 2 aliphatic rings. The number of benzene rings is 1. The van der Waals surface area contributed by atoms with Crippen LogP contribution in [0.5, 0.6) is 5.75 Å². The van der Waals surface area contributed by atoms with Crippen molar-refractivity contribution in [3.63, 3.8) is 0 Å². The number of nitrogens with zero attached hydrogens (tertiary/aromatic N) is 2. The third kappa shape index (κ3) is 3.43. The van der Waals surface area contributed by atoms with Crippen LogP contribution in [-0.4, -0.2) is 45.4 Å². The highest BCUT2D eigenvalue weighted by Gasteiger charge is 2.25. The van der Waals surface area contributed by atoms with Crippen molar-refractivity contribution in [2.75, 3.05) is 49.3 Å². The van der Waals surface area contributed by atoms with E-state index in [-0.39, 0.29) is 16.9 Å². The third-order valence-corrected chi connectivity index (χ3v) is 5.36. The molecule has 1 fully saturated rings. The number of fused-ring (bicyclic) bond motifs is 2. The molecule has 1 aromatic carbocycles. The highest BCUT2D eigenvalue weighted by molar-refractivity contribution is 6.07. The van der Waals surface area contributed by atoms with Crippen molar-refractivity contribution in [2.24, 2.45) is 0 Å². The molecule has 8 nitrogen and oxygen atoms in total. The quantitative estimate of drug-likeness (QED) is 0.589. The average molecular weight is 420 g/mol. The number of carbonyl (C=O) groups excluding carboxylic acids is 1. The highest BCUT2D eigenvalue weighted by atomic mass is 16.5. The standard InChI is InChI=1S/C23H20N2O6/c1-2-3-20(27)25-8-11-29-19-5-4-15(12-17(19)25)16-14-30-23-18(26)13-21(31-22(16)23)24-6-9-28-10-7-24/h4-5,12-14H,6-11H2,1H3. The first-order chi connectivity index (χ1) is 15.2. The molecule has 1 saturated heterocycles. The van der Waals surface area contributed by atoms with Crippen molar-refractivity contribution in [3.8, 4) is 28.7 Å². The smallest absolute Gasteiger partial charge is 0.303 e. The molecule has 0 atom stereocenters. The number of ether oxygens (including phenoxy) is 2. The highest BCUT2D eigenvalue weighted by Crippen LogP contribution is 2.38. The van der Waals surface area contributed by atoms with Gasteiger partial charge >= 0.3 is 5.91 Å². The van der Waals surface area contributed by atoms with Crippen LogP contribution in [0.4, 0.5) is 11.6 Å². The second kappa shape index (κ2) is 7.85. The number of carbonyl (C=O) groups is 1. The number of hydrogen-bond donors (Lipinski definition) is 0. The first-order valence-electron chi connectivity index (χ1n) is 10.1. The molecule has 31 heavy (non-hydrogen) atoms. The van der Waals surface area contributed by atoms with Crippen molar-refractivity contribution < 1.29 is 23.1 Å². The zero-order chi connectivity index (χ0) is 21.4. The van der Waals surface area contributed by atoms with E-state index in [1.165, 1.54) is 12.3 Å². The van der Waals surface area contributed by atoms with Gasteiger partial charge in [-0.15, -0.1) is 0 Å². The maximum Gasteiger partial charge on any atom is 0.303 e. The minimum atomic E-state index is -0.289. The molecular weight excluding hydrogens is 400 g/mol. The van der Waals surface area contributed by atoms with Gasteiger partial charge in [0.2, 0.25) is 11.0 Å². The van der Waals surface area contributed by atoms with E-state index in [2.05, 4.69) is 11.8 Å². The maximum absolute atomic E-state index is 12.6. The first-order valence-corrected chi connectivity index (χ1v) is 10.1. The monoisotopic (exact) mass is 420 g/mol. The summed E-state index contributed by atoms with van der Waals surface area (Å²) in [5.41, 5.74) is 2.28. The van der Waals surface area contributed by atoms with Crippen LogP contribution in [0.15, 0.2) is 44.2 Å². The van der Waals surface area contributed by atoms with Crippen molar-refractivity contribution in [2.45, 2.75) is 6.92 Å². The Morgan fingerprint density at radius 3 is 2.71 bits per heavy atom. The van der Waals surface area contributed by atoms with Crippen LogP contribution < -0.4 is 20.0 Å². The van der Waals surface area contributed by atoms with Gasteiger partial charge < -0.3 is 23.2 Å². The Morgan fingerprint density at radius 2 is 1.90 bits per heavy atom. The Bertz CT molecular complexity index is 1270. The van der Waals surface area contributed by atoms with Gasteiger partial charge in [0.25, 0.3) is 0 Å². The molecular formula is C23H20N2O6. The second-order valence-electron chi connectivity index (χ2n) is 7.22. The number of morpholine rings is 1. The van der Waals surface area contributed by atoms with E-state index in [9.17, 15) is 9.59 Å². The summed E-state index contributed by atoms with van der Waals surface area (Å²) in [4.78, 5) is 28.6. The Kier molecular flexibility index (Phi) is 4.88. The van der Waals surface area contributed by atoms with Crippen molar-refractivity contribution in [1.82, 2.24) is 0 Å². The van der Waals surface area contributed by atoms with Gasteiger partial charge in [-0.05, 0) is 30.5 Å². The molecule has 0 N–H and O–H groups in total. The Labute approximate surface area is 177 Å². The van der Waals surface area contributed by atoms with Gasteiger partial charge in [0.1, 0.15) is 18.6 Å². The van der Waals surface area contributed by atoms with Gasteiger partial charge in [-0.2, -0.15) is 0 Å². The molecule has 3 aromatic rings. The van der Waals surface area contributed by atoms with Crippen molar-refractivity contribution in [1.29, 1.82) is 0 Å². The summed E-state index contributed by atoms with van der Waals surface area (Å²) in [5, 5.41) is 0. The molecule has 2 aliphatic heterocycles. The normalized spacial score (nSPS) is 15.8. The summed E-state index contributed by atoms with van der Waals surface area (Å²) in [6.07, 6.45) is 1.50. The van der Waals surface area contributed by atoms with Gasteiger partial charge in [-0.3, -0.25) is 14.5 Å². The van der Waals surface area contributed by atoms with Crippen LogP contribution >= 0.6 is 0 Å². The number of rotatable bonds is 2. The van der Waals surface area contributed by atoms with E-state index in [4.69, 9.17) is 18.3 Å². The van der Waals surface area contributed by atoms with Crippen LogP contribution in [-0.2, 0) is 9.53 Å². The molecule has 158 valence electrons. The van der Waals surface area contributed by atoms with E-state index in [1.807, 2.05) is 17.0 Å². The lowest BCUT2D eigenvalue weighted by molar-refractivity contribution is -0.113. The van der Waals surface area contributed by atoms with Crippen LogP contribution in [0.1, 0.15) is 6.92 Å². The molecule has 1 amide bonds. The zero-order valence-corrected chi connectivity index (χ0v) is 17.0. The average Bonchev–Trinajstić information content (AvgIpc) is 3.24. The lowest BCUT2D eigenvalue weighted by Crippen LogP contribution is -2.37. The predicted molar refractivity (Wildman–Crippen MR) is 115 cm³/mol. The largest absolute Gasteiger partial charge is 0.490 e. The van der Waals surface area contributed by atoms with E-state index in [1.54, 1.807) is 17.9 Å². The molecule has 4 heterocycles. The molecule has 8 heteroatoms. The van der Waals surface area contributed by atoms with Crippen LogP contribution in [0, 0.1) is 11.8 Å². The minimum absolute atomic E-state index is 0.158. The Balaban J connectivity index is 1.60. The summed E-state index contributed by atoms with van der Waals surface area (Å²) in [6, 6.07) is 6.93. The molecule has 0 spiro atoms. The second-order valence-corrected chi connectivity index (χ2v) is 7.22. The number of hydrogen-bond acceptors (Lipinski definition) is 7. The summed E-state index contributed by atoms with van der Waals surface area (Å²) < 4.78 is 22.7. The summed E-state index contributed by atoms with van der Waals surface area (Å²) in [6.45, 7) is 4.88. The van der Waals surface area contributed by atoms with E-state index >= 15 is 0 Å². The topological polar surface area (TPSA) is 85.4 Å². The Morgan fingerprint density at radius 1 is 1.06 bits per heavy atom. The minimum Gasteiger partial charge on any atom is -0.490 e. The lowest BCUT2D eigenvalue weighted by Gasteiger charge is -2.28. The summed E-state index contributed by atoms with van der Waals surface area (Å²) in [5.74, 6) is 6.02. The number of amides is 1. The maximum atomic E-state index is 12.6. The fraction of sp³-hybridized carbons (Fsp3) is 0.304. The lowest BCUT2D eigenvalue weighted by atomic mass is 10.1. The van der Waals surface area contributed by atoms with Gasteiger partial charge in [0.05, 0.1) is 37.1 Å². The first kappa shape index (κ1) is 19.3. The van der Waals surface area contributed by atoms with Crippen LogP contribution in [0.25, 0.3) is 22.3 Å². The molecule has 0 radical (unpaired) electrons. The van der Waals surface area contributed by atoms with Crippen molar-refractivity contribution in [3.05, 3.63) is 40.8 Å². The SMILES string of the molecule is CC#CC(=O)N1CCOc2ccc(-c3coc4c(=O)cc(N5CCOCC5)oc34)cc21.